The van der Waals surface area contributed by atoms with Gasteiger partial charge in [0.05, 0.1) is 10.9 Å². The Morgan fingerprint density at radius 1 is 1.09 bits per heavy atom. The third-order valence-corrected chi connectivity index (χ3v) is 6.58. The Bertz CT molecular complexity index is 1340. The summed E-state index contributed by atoms with van der Waals surface area (Å²) in [6.07, 6.45) is 0.842. The summed E-state index contributed by atoms with van der Waals surface area (Å²) in [4.78, 5) is 26.1. The van der Waals surface area contributed by atoms with Gasteiger partial charge < -0.3 is 5.32 Å². The first-order valence-corrected chi connectivity index (χ1v) is 12.3. The fourth-order valence-electron chi connectivity index (χ4n) is 3.68. The van der Waals surface area contributed by atoms with Crippen LogP contribution < -0.4 is 10.9 Å². The number of amides is 1. The van der Waals surface area contributed by atoms with E-state index in [1.54, 1.807) is 34.5 Å². The minimum absolute atomic E-state index is 0.0687. The summed E-state index contributed by atoms with van der Waals surface area (Å²) in [5.74, 6) is 1.33. The Kier molecular flexibility index (Phi) is 6.83. The van der Waals surface area contributed by atoms with Crippen LogP contribution in [0.4, 0.5) is 0 Å². The highest BCUT2D eigenvalue weighted by Crippen LogP contribution is 2.25. The van der Waals surface area contributed by atoms with E-state index in [4.69, 9.17) is 0 Å². The van der Waals surface area contributed by atoms with Crippen LogP contribution in [-0.2, 0) is 12.3 Å². The van der Waals surface area contributed by atoms with Crippen molar-refractivity contribution in [3.05, 3.63) is 70.0 Å². The molecule has 0 bridgehead atoms. The van der Waals surface area contributed by atoms with E-state index in [0.717, 1.165) is 12.2 Å². The number of nitrogens with one attached hydrogen (secondary N) is 1. The molecule has 4 aromatic rings. The second-order valence-corrected chi connectivity index (χ2v) is 9.66. The van der Waals surface area contributed by atoms with Crippen molar-refractivity contribution in [2.24, 2.45) is 5.92 Å². The Hall–Kier alpha value is -3.13. The first-order chi connectivity index (χ1) is 15.9. The van der Waals surface area contributed by atoms with Crippen molar-refractivity contribution in [1.29, 1.82) is 0 Å². The van der Waals surface area contributed by atoms with Crippen LogP contribution in [0.1, 0.15) is 50.0 Å². The number of thioether (sulfide) groups is 1. The van der Waals surface area contributed by atoms with Gasteiger partial charge in [-0.15, -0.1) is 10.2 Å². The van der Waals surface area contributed by atoms with E-state index < -0.39 is 0 Å². The number of aromatic nitrogens is 4. The van der Waals surface area contributed by atoms with Crippen LogP contribution in [0.2, 0.25) is 0 Å². The summed E-state index contributed by atoms with van der Waals surface area (Å²) in [6, 6.07) is 15.5. The van der Waals surface area contributed by atoms with Crippen LogP contribution in [0.15, 0.2) is 58.5 Å². The molecule has 1 N–H and O–H groups in total. The van der Waals surface area contributed by atoms with E-state index in [2.05, 4.69) is 41.5 Å². The molecular formula is C25H29N5O2S. The number of rotatable bonds is 8. The summed E-state index contributed by atoms with van der Waals surface area (Å²) in [6.45, 7) is 8.67. The number of carbonyl (C=O) groups is 1. The molecule has 0 saturated carbocycles. The third kappa shape index (κ3) is 4.80. The average Bonchev–Trinajstić information content (AvgIpc) is 3.24. The molecule has 0 radical (unpaired) electrons. The molecule has 0 aliphatic carbocycles. The molecule has 33 heavy (non-hydrogen) atoms. The van der Waals surface area contributed by atoms with E-state index in [0.29, 0.717) is 33.9 Å². The van der Waals surface area contributed by atoms with Crippen LogP contribution in [0.3, 0.4) is 0 Å². The number of carbonyl (C=O) groups excluding carboxylic acids is 1. The van der Waals surface area contributed by atoms with Gasteiger partial charge in [0.1, 0.15) is 0 Å². The van der Waals surface area contributed by atoms with Crippen molar-refractivity contribution in [2.75, 3.05) is 0 Å². The molecule has 0 fully saturated rings. The second kappa shape index (κ2) is 9.79. The summed E-state index contributed by atoms with van der Waals surface area (Å²) in [7, 11) is 0. The SMILES string of the molecule is CCC(C)NC(=O)c1ccc2c(=O)n(CC(C)C)c3nnc(SCc4ccccc4)n3c2c1. The van der Waals surface area contributed by atoms with Crippen molar-refractivity contribution in [1.82, 2.24) is 24.5 Å². The lowest BCUT2D eigenvalue weighted by Gasteiger charge is -2.15. The minimum atomic E-state index is -0.155. The Labute approximate surface area is 197 Å². The van der Waals surface area contributed by atoms with Gasteiger partial charge in [-0.2, -0.15) is 0 Å². The molecule has 4 rings (SSSR count). The molecule has 0 aliphatic heterocycles. The quantitative estimate of drug-likeness (QED) is 0.389. The first kappa shape index (κ1) is 23.0. The van der Waals surface area contributed by atoms with Crippen LogP contribution in [0.25, 0.3) is 16.7 Å². The monoisotopic (exact) mass is 463 g/mol. The molecule has 2 heterocycles. The topological polar surface area (TPSA) is 81.3 Å². The zero-order chi connectivity index (χ0) is 23.5. The zero-order valence-electron chi connectivity index (χ0n) is 19.4. The minimum Gasteiger partial charge on any atom is -0.350 e. The van der Waals surface area contributed by atoms with E-state index >= 15 is 0 Å². The zero-order valence-corrected chi connectivity index (χ0v) is 20.2. The molecule has 0 saturated heterocycles. The van der Waals surface area contributed by atoms with Gasteiger partial charge in [-0.05, 0) is 43.0 Å². The Balaban J connectivity index is 1.87. The fraction of sp³-hybridized carbons (Fsp3) is 0.360. The first-order valence-electron chi connectivity index (χ1n) is 11.3. The molecule has 0 aliphatic rings. The van der Waals surface area contributed by atoms with Gasteiger partial charge in [-0.25, -0.2) is 0 Å². The number of nitrogens with zero attached hydrogens (tertiary/aromatic N) is 4. The normalized spacial score (nSPS) is 12.5. The number of hydrogen-bond donors (Lipinski definition) is 1. The van der Waals surface area contributed by atoms with Crippen LogP contribution in [0.5, 0.6) is 0 Å². The molecule has 8 heteroatoms. The Morgan fingerprint density at radius 2 is 1.85 bits per heavy atom. The van der Waals surface area contributed by atoms with E-state index in [9.17, 15) is 9.59 Å². The second-order valence-electron chi connectivity index (χ2n) is 8.72. The van der Waals surface area contributed by atoms with Gasteiger partial charge in [-0.3, -0.25) is 18.6 Å². The lowest BCUT2D eigenvalue weighted by atomic mass is 10.1. The number of hydrogen-bond acceptors (Lipinski definition) is 5. The van der Waals surface area contributed by atoms with Gasteiger partial charge in [0.2, 0.25) is 5.78 Å². The highest BCUT2D eigenvalue weighted by Gasteiger charge is 2.19. The maximum atomic E-state index is 13.3. The lowest BCUT2D eigenvalue weighted by molar-refractivity contribution is 0.0939. The van der Waals surface area contributed by atoms with Crippen molar-refractivity contribution in [2.45, 2.75) is 57.6 Å². The predicted molar refractivity (Wildman–Crippen MR) is 133 cm³/mol. The van der Waals surface area contributed by atoms with Crippen molar-refractivity contribution >= 4 is 34.3 Å². The van der Waals surface area contributed by atoms with Crippen molar-refractivity contribution in [3.8, 4) is 0 Å². The van der Waals surface area contributed by atoms with Crippen LogP contribution in [0, 0.1) is 5.92 Å². The van der Waals surface area contributed by atoms with E-state index in [1.165, 1.54) is 5.56 Å². The lowest BCUT2D eigenvalue weighted by Crippen LogP contribution is -2.32. The van der Waals surface area contributed by atoms with Gasteiger partial charge in [0, 0.05) is 23.9 Å². The van der Waals surface area contributed by atoms with Gasteiger partial charge in [0.25, 0.3) is 11.5 Å². The summed E-state index contributed by atoms with van der Waals surface area (Å²) in [5.41, 5.74) is 2.21. The molecule has 2 aromatic heterocycles. The molecular weight excluding hydrogens is 434 g/mol. The highest BCUT2D eigenvalue weighted by molar-refractivity contribution is 7.98. The maximum Gasteiger partial charge on any atom is 0.262 e. The van der Waals surface area contributed by atoms with Crippen LogP contribution >= 0.6 is 11.8 Å². The largest absolute Gasteiger partial charge is 0.350 e. The molecule has 1 amide bonds. The standard InChI is InChI=1S/C25H29N5O2S/c1-5-17(4)26-22(31)19-11-12-20-21(13-19)30-24(29(23(20)32)14-16(2)3)27-28-25(30)33-15-18-9-7-6-8-10-18/h6-13,16-17H,5,14-15H2,1-4H3,(H,26,31). The average molecular weight is 464 g/mol. The fourth-order valence-corrected chi connectivity index (χ4v) is 4.57. The highest BCUT2D eigenvalue weighted by atomic mass is 32.2. The van der Waals surface area contributed by atoms with Crippen molar-refractivity contribution < 1.29 is 4.79 Å². The Morgan fingerprint density at radius 3 is 2.55 bits per heavy atom. The smallest absolute Gasteiger partial charge is 0.262 e. The number of fused-ring (bicyclic) bond motifs is 3. The molecule has 2 aromatic carbocycles. The van der Waals surface area contributed by atoms with Crippen LogP contribution in [-0.4, -0.2) is 31.1 Å². The van der Waals surface area contributed by atoms with E-state index in [1.807, 2.05) is 36.4 Å². The molecule has 172 valence electrons. The molecule has 7 nitrogen and oxygen atoms in total. The molecule has 1 atom stereocenters. The summed E-state index contributed by atoms with van der Waals surface area (Å²) in [5, 5.41) is 13.0. The maximum absolute atomic E-state index is 13.3. The van der Waals surface area contributed by atoms with Crippen molar-refractivity contribution in [3.63, 3.8) is 0 Å². The van der Waals surface area contributed by atoms with Gasteiger partial charge in [0.15, 0.2) is 5.16 Å². The predicted octanol–water partition coefficient (Wildman–Crippen LogP) is 4.52. The van der Waals surface area contributed by atoms with Gasteiger partial charge in [-0.1, -0.05) is 62.9 Å². The number of benzene rings is 2. The van der Waals surface area contributed by atoms with Gasteiger partial charge >= 0.3 is 0 Å². The summed E-state index contributed by atoms with van der Waals surface area (Å²) < 4.78 is 3.60. The molecule has 1 unspecified atom stereocenters. The third-order valence-electron chi connectivity index (χ3n) is 5.58. The van der Waals surface area contributed by atoms with E-state index in [-0.39, 0.29) is 23.4 Å². The summed E-state index contributed by atoms with van der Waals surface area (Å²) >= 11 is 1.56. The molecule has 0 spiro atoms.